The van der Waals surface area contributed by atoms with Crippen molar-refractivity contribution < 1.29 is 13.9 Å². The number of nitrogens with one attached hydrogen (secondary N) is 1. The number of benzene rings is 1. The first-order valence-electron chi connectivity index (χ1n) is 6.99. The number of nitrogens with zero attached hydrogens (tertiary/aromatic N) is 1. The first-order valence-corrected chi connectivity index (χ1v) is 6.99. The summed E-state index contributed by atoms with van der Waals surface area (Å²) in [6.07, 6.45) is 1.46. The van der Waals surface area contributed by atoms with Crippen LogP contribution in [0.3, 0.4) is 0 Å². The molecule has 0 aliphatic carbocycles. The minimum absolute atomic E-state index is 0.184. The van der Waals surface area contributed by atoms with Crippen molar-refractivity contribution in [2.24, 2.45) is 0 Å². The van der Waals surface area contributed by atoms with Gasteiger partial charge >= 0.3 is 0 Å². The Kier molecular flexibility index (Phi) is 4.75. The minimum Gasteiger partial charge on any atom is -0.473 e. The standard InChI is InChI=1S/C17H19FN2O2/c1-17(2,3)20-16(21)13-7-8-15(19-10-13)22-11-12-5-4-6-14(18)9-12/h4-10H,11H2,1-3H3,(H,20,21). The van der Waals surface area contributed by atoms with Crippen LogP contribution in [0, 0.1) is 5.82 Å². The molecule has 0 radical (unpaired) electrons. The molecule has 0 saturated heterocycles. The Balaban J connectivity index is 1.96. The van der Waals surface area contributed by atoms with Gasteiger partial charge < -0.3 is 10.1 Å². The summed E-state index contributed by atoms with van der Waals surface area (Å²) >= 11 is 0. The molecule has 22 heavy (non-hydrogen) atoms. The van der Waals surface area contributed by atoms with E-state index in [1.54, 1.807) is 24.3 Å². The van der Waals surface area contributed by atoms with Gasteiger partial charge in [-0.15, -0.1) is 0 Å². The molecule has 5 heteroatoms. The Morgan fingerprint density at radius 2 is 2.05 bits per heavy atom. The quantitative estimate of drug-likeness (QED) is 0.942. The second-order valence-electron chi connectivity index (χ2n) is 6.01. The van der Waals surface area contributed by atoms with Gasteiger partial charge in [-0.25, -0.2) is 9.37 Å². The predicted octanol–water partition coefficient (Wildman–Crippen LogP) is 3.33. The fourth-order valence-corrected chi connectivity index (χ4v) is 1.80. The van der Waals surface area contributed by atoms with Crippen molar-refractivity contribution in [1.29, 1.82) is 0 Å². The molecule has 0 aliphatic rings. The van der Waals surface area contributed by atoms with Gasteiger partial charge in [0.25, 0.3) is 5.91 Å². The number of ether oxygens (including phenoxy) is 1. The van der Waals surface area contributed by atoms with Crippen molar-refractivity contribution in [2.75, 3.05) is 0 Å². The van der Waals surface area contributed by atoms with Crippen LogP contribution in [-0.2, 0) is 6.61 Å². The highest BCUT2D eigenvalue weighted by molar-refractivity contribution is 5.94. The monoisotopic (exact) mass is 302 g/mol. The van der Waals surface area contributed by atoms with Crippen molar-refractivity contribution in [1.82, 2.24) is 10.3 Å². The number of aromatic nitrogens is 1. The number of carbonyl (C=O) groups excluding carboxylic acids is 1. The van der Waals surface area contributed by atoms with Gasteiger partial charge in [0, 0.05) is 17.8 Å². The van der Waals surface area contributed by atoms with Gasteiger partial charge in [-0.3, -0.25) is 4.79 Å². The van der Waals surface area contributed by atoms with Crippen LogP contribution in [0.1, 0.15) is 36.7 Å². The third-order valence-corrected chi connectivity index (χ3v) is 2.76. The summed E-state index contributed by atoms with van der Waals surface area (Å²) in [5, 5.41) is 2.86. The number of hydrogen-bond donors (Lipinski definition) is 1. The Labute approximate surface area is 129 Å². The normalized spacial score (nSPS) is 11.1. The lowest BCUT2D eigenvalue weighted by Crippen LogP contribution is -2.40. The van der Waals surface area contributed by atoms with E-state index >= 15 is 0 Å². The third kappa shape index (κ3) is 4.84. The van der Waals surface area contributed by atoms with E-state index in [2.05, 4.69) is 10.3 Å². The van der Waals surface area contributed by atoms with Gasteiger partial charge in [0.2, 0.25) is 5.88 Å². The summed E-state index contributed by atoms with van der Waals surface area (Å²) in [6.45, 7) is 5.96. The van der Waals surface area contributed by atoms with Crippen LogP contribution >= 0.6 is 0 Å². The van der Waals surface area contributed by atoms with Crippen LogP contribution < -0.4 is 10.1 Å². The maximum Gasteiger partial charge on any atom is 0.253 e. The molecule has 0 aliphatic heterocycles. The lowest BCUT2D eigenvalue weighted by Gasteiger charge is -2.20. The number of halogens is 1. The van der Waals surface area contributed by atoms with Crippen LogP contribution in [0.5, 0.6) is 5.88 Å². The summed E-state index contributed by atoms with van der Waals surface area (Å²) < 4.78 is 18.5. The van der Waals surface area contributed by atoms with E-state index in [9.17, 15) is 9.18 Å². The van der Waals surface area contributed by atoms with Gasteiger partial charge in [0.1, 0.15) is 12.4 Å². The minimum atomic E-state index is -0.303. The van der Waals surface area contributed by atoms with Crippen molar-refractivity contribution >= 4 is 5.91 Å². The molecule has 1 N–H and O–H groups in total. The van der Waals surface area contributed by atoms with Gasteiger partial charge in [-0.05, 0) is 44.5 Å². The summed E-state index contributed by atoms with van der Waals surface area (Å²) in [7, 11) is 0. The van der Waals surface area contributed by atoms with Crippen LogP contribution in [-0.4, -0.2) is 16.4 Å². The maximum atomic E-state index is 13.1. The van der Waals surface area contributed by atoms with Gasteiger partial charge in [-0.2, -0.15) is 0 Å². The van der Waals surface area contributed by atoms with Crippen molar-refractivity contribution in [2.45, 2.75) is 32.9 Å². The highest BCUT2D eigenvalue weighted by Crippen LogP contribution is 2.12. The van der Waals surface area contributed by atoms with E-state index in [-0.39, 0.29) is 23.9 Å². The van der Waals surface area contributed by atoms with E-state index in [4.69, 9.17) is 4.74 Å². The highest BCUT2D eigenvalue weighted by atomic mass is 19.1. The fourth-order valence-electron chi connectivity index (χ4n) is 1.80. The molecule has 1 aromatic heterocycles. The summed E-state index contributed by atoms with van der Waals surface area (Å²) in [4.78, 5) is 16.0. The van der Waals surface area contributed by atoms with E-state index in [1.807, 2.05) is 20.8 Å². The number of rotatable bonds is 4. The van der Waals surface area contributed by atoms with Crippen LogP contribution in [0.25, 0.3) is 0 Å². The number of amides is 1. The number of carbonyl (C=O) groups is 1. The van der Waals surface area contributed by atoms with Crippen LogP contribution in [0.4, 0.5) is 4.39 Å². The molecule has 1 aromatic carbocycles. The van der Waals surface area contributed by atoms with Gasteiger partial charge in [-0.1, -0.05) is 12.1 Å². The fraction of sp³-hybridized carbons (Fsp3) is 0.294. The first kappa shape index (κ1) is 15.9. The Hall–Kier alpha value is -2.43. The number of pyridine rings is 1. The van der Waals surface area contributed by atoms with Crippen molar-refractivity contribution in [3.8, 4) is 5.88 Å². The average Bonchev–Trinajstić information content (AvgIpc) is 2.44. The Morgan fingerprint density at radius 1 is 1.27 bits per heavy atom. The smallest absolute Gasteiger partial charge is 0.253 e. The van der Waals surface area contributed by atoms with Crippen molar-refractivity contribution in [3.05, 3.63) is 59.5 Å². The lowest BCUT2D eigenvalue weighted by atomic mass is 10.1. The largest absolute Gasteiger partial charge is 0.473 e. The van der Waals surface area contributed by atoms with Crippen LogP contribution in [0.2, 0.25) is 0 Å². The molecule has 1 amide bonds. The molecule has 0 bridgehead atoms. The SMILES string of the molecule is CC(C)(C)NC(=O)c1ccc(OCc2cccc(F)c2)nc1. The third-order valence-electron chi connectivity index (χ3n) is 2.76. The molecule has 116 valence electrons. The molecule has 0 atom stereocenters. The average molecular weight is 302 g/mol. The summed E-state index contributed by atoms with van der Waals surface area (Å²) in [5.74, 6) is -0.100. The molecule has 0 unspecified atom stereocenters. The molecular weight excluding hydrogens is 283 g/mol. The molecule has 0 fully saturated rings. The highest BCUT2D eigenvalue weighted by Gasteiger charge is 2.15. The maximum absolute atomic E-state index is 13.1. The van der Waals surface area contributed by atoms with E-state index in [0.717, 1.165) is 5.56 Å². The zero-order valence-electron chi connectivity index (χ0n) is 12.9. The molecule has 0 spiro atoms. The second kappa shape index (κ2) is 6.56. The van der Waals surface area contributed by atoms with Crippen molar-refractivity contribution in [3.63, 3.8) is 0 Å². The van der Waals surface area contributed by atoms with Crippen LogP contribution in [0.15, 0.2) is 42.6 Å². The second-order valence-corrected chi connectivity index (χ2v) is 6.01. The molecule has 0 saturated carbocycles. The Bertz CT molecular complexity index is 648. The molecule has 2 rings (SSSR count). The molecular formula is C17H19FN2O2. The van der Waals surface area contributed by atoms with E-state index < -0.39 is 0 Å². The van der Waals surface area contributed by atoms with Gasteiger partial charge in [0.15, 0.2) is 0 Å². The topological polar surface area (TPSA) is 51.2 Å². The lowest BCUT2D eigenvalue weighted by molar-refractivity contribution is 0.0919. The first-order chi connectivity index (χ1) is 10.3. The number of hydrogen-bond acceptors (Lipinski definition) is 3. The van der Waals surface area contributed by atoms with E-state index in [0.29, 0.717) is 11.4 Å². The zero-order chi connectivity index (χ0) is 16.2. The summed E-state index contributed by atoms with van der Waals surface area (Å²) in [6, 6.07) is 9.46. The summed E-state index contributed by atoms with van der Waals surface area (Å²) in [5.41, 5.74) is 0.883. The zero-order valence-corrected chi connectivity index (χ0v) is 12.9. The Morgan fingerprint density at radius 3 is 2.64 bits per heavy atom. The molecule has 4 nitrogen and oxygen atoms in total. The van der Waals surface area contributed by atoms with Gasteiger partial charge in [0.05, 0.1) is 5.56 Å². The van der Waals surface area contributed by atoms with E-state index in [1.165, 1.54) is 18.3 Å². The molecule has 1 heterocycles. The predicted molar refractivity (Wildman–Crippen MR) is 82.2 cm³/mol. The molecule has 2 aromatic rings.